The lowest BCUT2D eigenvalue weighted by molar-refractivity contribution is -0.126. The Bertz CT molecular complexity index is 539. The van der Waals surface area contributed by atoms with Gasteiger partial charge >= 0.3 is 0 Å². The van der Waals surface area contributed by atoms with Crippen LogP contribution in [0.2, 0.25) is 8.67 Å². The van der Waals surface area contributed by atoms with Crippen molar-refractivity contribution in [3.8, 4) is 0 Å². The van der Waals surface area contributed by atoms with Crippen molar-refractivity contribution in [1.29, 1.82) is 0 Å². The van der Waals surface area contributed by atoms with E-state index < -0.39 is 0 Å². The third-order valence-electron chi connectivity index (χ3n) is 3.41. The number of carbonyl (C=O) groups is 2. The van der Waals surface area contributed by atoms with Crippen LogP contribution in [0.4, 0.5) is 0 Å². The predicted octanol–water partition coefficient (Wildman–Crippen LogP) is 2.40. The second-order valence-corrected chi connectivity index (χ2v) is 7.19. The largest absolute Gasteiger partial charge is 0.355 e. The molecule has 0 radical (unpaired) electrons. The van der Waals surface area contributed by atoms with E-state index in [1.807, 2.05) is 0 Å². The fraction of sp³-hybridized carbons (Fsp3) is 0.538. The van der Waals surface area contributed by atoms with E-state index in [0.29, 0.717) is 40.4 Å². The molecule has 1 aromatic rings. The molecule has 2 heterocycles. The van der Waals surface area contributed by atoms with Crippen LogP contribution in [0.15, 0.2) is 6.07 Å². The SMILES string of the molecule is Cl.NCCNC(=O)C1CCCN(C(=O)c2cc(Cl)sc2Cl)C1. The summed E-state index contributed by atoms with van der Waals surface area (Å²) in [6.07, 6.45) is 1.57. The maximum atomic E-state index is 12.5. The molecule has 5 nitrogen and oxygen atoms in total. The van der Waals surface area contributed by atoms with E-state index in [1.165, 1.54) is 11.3 Å². The van der Waals surface area contributed by atoms with Crippen molar-refractivity contribution >= 4 is 58.8 Å². The summed E-state index contributed by atoms with van der Waals surface area (Å²) < 4.78 is 0.873. The smallest absolute Gasteiger partial charge is 0.256 e. The number of hydrogen-bond acceptors (Lipinski definition) is 4. The van der Waals surface area contributed by atoms with Crippen molar-refractivity contribution in [2.45, 2.75) is 12.8 Å². The van der Waals surface area contributed by atoms with Gasteiger partial charge in [-0.25, -0.2) is 0 Å². The number of nitrogens with two attached hydrogens (primary N) is 1. The van der Waals surface area contributed by atoms with Crippen LogP contribution in [-0.2, 0) is 4.79 Å². The van der Waals surface area contributed by atoms with Gasteiger partial charge in [0, 0.05) is 26.2 Å². The van der Waals surface area contributed by atoms with E-state index in [9.17, 15) is 9.59 Å². The van der Waals surface area contributed by atoms with Crippen LogP contribution in [0.1, 0.15) is 23.2 Å². The predicted molar refractivity (Wildman–Crippen MR) is 92.3 cm³/mol. The van der Waals surface area contributed by atoms with Crippen LogP contribution in [-0.4, -0.2) is 42.9 Å². The molecule has 1 saturated heterocycles. The summed E-state index contributed by atoms with van der Waals surface area (Å²) in [4.78, 5) is 26.1. The fourth-order valence-corrected chi connectivity index (χ4v) is 3.82. The van der Waals surface area contributed by atoms with E-state index in [4.69, 9.17) is 28.9 Å². The number of nitrogens with one attached hydrogen (secondary N) is 1. The minimum Gasteiger partial charge on any atom is -0.355 e. The van der Waals surface area contributed by atoms with Crippen molar-refractivity contribution in [3.63, 3.8) is 0 Å². The third-order valence-corrected chi connectivity index (χ3v) is 4.90. The van der Waals surface area contributed by atoms with Crippen molar-refractivity contribution in [3.05, 3.63) is 20.3 Å². The maximum absolute atomic E-state index is 12.5. The first-order chi connectivity index (χ1) is 10.0. The first kappa shape index (κ1) is 19.5. The van der Waals surface area contributed by atoms with E-state index in [2.05, 4.69) is 5.32 Å². The lowest BCUT2D eigenvalue weighted by Gasteiger charge is -2.32. The molecule has 1 atom stereocenters. The average molecular weight is 387 g/mol. The second kappa shape index (κ2) is 8.93. The Morgan fingerprint density at radius 1 is 1.45 bits per heavy atom. The highest BCUT2D eigenvalue weighted by atomic mass is 35.5. The minimum absolute atomic E-state index is 0. The molecule has 2 amide bonds. The Balaban J connectivity index is 0.00000242. The van der Waals surface area contributed by atoms with Gasteiger partial charge in [0.25, 0.3) is 5.91 Å². The summed E-state index contributed by atoms with van der Waals surface area (Å²) in [5.41, 5.74) is 5.78. The first-order valence-corrected chi connectivity index (χ1v) is 8.32. The Morgan fingerprint density at radius 3 is 2.77 bits per heavy atom. The number of carbonyl (C=O) groups excluding carboxylic acids is 2. The molecule has 9 heteroatoms. The van der Waals surface area contributed by atoms with Crippen molar-refractivity contribution in [2.75, 3.05) is 26.2 Å². The Morgan fingerprint density at radius 2 is 2.18 bits per heavy atom. The molecule has 1 aliphatic rings. The van der Waals surface area contributed by atoms with E-state index in [-0.39, 0.29) is 30.1 Å². The van der Waals surface area contributed by atoms with Gasteiger partial charge < -0.3 is 16.0 Å². The highest BCUT2D eigenvalue weighted by Crippen LogP contribution is 2.32. The van der Waals surface area contributed by atoms with Crippen molar-refractivity contribution in [2.24, 2.45) is 11.7 Å². The van der Waals surface area contributed by atoms with Crippen LogP contribution in [0.5, 0.6) is 0 Å². The number of halogens is 3. The van der Waals surface area contributed by atoms with Gasteiger partial charge in [0.05, 0.1) is 15.8 Å². The number of likely N-dealkylation sites (tertiary alicyclic amines) is 1. The quantitative estimate of drug-likeness (QED) is 0.834. The monoisotopic (exact) mass is 385 g/mol. The van der Waals surface area contributed by atoms with Crippen LogP contribution >= 0.6 is 46.9 Å². The molecule has 1 aromatic heterocycles. The lowest BCUT2D eigenvalue weighted by Crippen LogP contribution is -2.46. The standard InChI is InChI=1S/C13H17Cl2N3O2S.ClH/c14-10-6-9(11(15)21-10)13(20)18-5-1-2-8(7-18)12(19)17-4-3-16;/h6,8H,1-5,7,16H2,(H,17,19);1H. The highest BCUT2D eigenvalue weighted by molar-refractivity contribution is 7.20. The fourth-order valence-electron chi connectivity index (χ4n) is 2.37. The highest BCUT2D eigenvalue weighted by Gasteiger charge is 2.30. The van der Waals surface area contributed by atoms with Gasteiger partial charge in [0.15, 0.2) is 0 Å². The maximum Gasteiger partial charge on any atom is 0.256 e. The Labute approximate surface area is 149 Å². The summed E-state index contributed by atoms with van der Waals surface area (Å²) in [6, 6.07) is 1.58. The number of amides is 2. The average Bonchev–Trinajstić information content (AvgIpc) is 2.82. The van der Waals surface area contributed by atoms with E-state index in [0.717, 1.165) is 12.8 Å². The molecule has 2 rings (SSSR count). The van der Waals surface area contributed by atoms with Gasteiger partial charge in [0.2, 0.25) is 5.91 Å². The van der Waals surface area contributed by atoms with Gasteiger partial charge in [-0.1, -0.05) is 23.2 Å². The summed E-state index contributed by atoms with van der Waals surface area (Å²) in [5, 5.41) is 2.77. The molecular weight excluding hydrogens is 369 g/mol. The lowest BCUT2D eigenvalue weighted by atomic mass is 9.96. The minimum atomic E-state index is -0.192. The van der Waals surface area contributed by atoms with E-state index in [1.54, 1.807) is 11.0 Å². The zero-order valence-corrected chi connectivity index (χ0v) is 15.0. The van der Waals surface area contributed by atoms with Crippen LogP contribution in [0.3, 0.4) is 0 Å². The molecule has 0 aromatic carbocycles. The molecule has 124 valence electrons. The number of hydrogen-bond donors (Lipinski definition) is 2. The molecule has 0 saturated carbocycles. The molecule has 1 unspecified atom stereocenters. The summed E-state index contributed by atoms with van der Waals surface area (Å²) in [7, 11) is 0. The molecule has 22 heavy (non-hydrogen) atoms. The molecule has 0 aliphatic carbocycles. The summed E-state index contributed by atoms with van der Waals surface area (Å²) >= 11 is 13.1. The Hall–Kier alpha value is -0.530. The van der Waals surface area contributed by atoms with Crippen LogP contribution < -0.4 is 11.1 Å². The number of rotatable bonds is 4. The number of thiophene rings is 1. The van der Waals surface area contributed by atoms with Gasteiger partial charge in [-0.15, -0.1) is 23.7 Å². The second-order valence-electron chi connectivity index (χ2n) is 4.91. The van der Waals surface area contributed by atoms with Gasteiger partial charge in [0.1, 0.15) is 4.34 Å². The number of nitrogens with zero attached hydrogens (tertiary/aromatic N) is 1. The Kier molecular flexibility index (Phi) is 7.93. The summed E-state index contributed by atoms with van der Waals surface area (Å²) in [6.45, 7) is 1.89. The molecule has 1 fully saturated rings. The zero-order valence-electron chi connectivity index (χ0n) is 11.8. The zero-order chi connectivity index (χ0) is 15.4. The molecule has 0 spiro atoms. The topological polar surface area (TPSA) is 75.4 Å². The molecular formula is C13H18Cl3N3O2S. The summed E-state index contributed by atoms with van der Waals surface area (Å²) in [5.74, 6) is -0.408. The third kappa shape index (κ3) is 4.73. The molecule has 1 aliphatic heterocycles. The normalized spacial score (nSPS) is 17.8. The van der Waals surface area contributed by atoms with Gasteiger partial charge in [-0.3, -0.25) is 9.59 Å². The van der Waals surface area contributed by atoms with Crippen molar-refractivity contribution in [1.82, 2.24) is 10.2 Å². The van der Waals surface area contributed by atoms with E-state index >= 15 is 0 Å². The van der Waals surface area contributed by atoms with Crippen LogP contribution in [0.25, 0.3) is 0 Å². The van der Waals surface area contributed by atoms with Crippen molar-refractivity contribution < 1.29 is 9.59 Å². The van der Waals surface area contributed by atoms with Gasteiger partial charge in [-0.2, -0.15) is 0 Å². The molecule has 0 bridgehead atoms. The first-order valence-electron chi connectivity index (χ1n) is 6.74. The molecule has 3 N–H and O–H groups in total. The number of piperidine rings is 1. The van der Waals surface area contributed by atoms with Gasteiger partial charge in [-0.05, 0) is 18.9 Å². The van der Waals surface area contributed by atoms with Crippen LogP contribution in [0, 0.1) is 5.92 Å².